The molecule has 3 rings (SSSR count). The van der Waals surface area contributed by atoms with Crippen molar-refractivity contribution in [1.82, 2.24) is 20.4 Å². The Labute approximate surface area is 149 Å². The second-order valence-electron chi connectivity index (χ2n) is 5.35. The van der Waals surface area contributed by atoms with E-state index in [-0.39, 0.29) is 11.6 Å². The van der Waals surface area contributed by atoms with Crippen LogP contribution in [0.2, 0.25) is 0 Å². The number of amides is 1. The molecule has 8 heteroatoms. The smallest absolute Gasteiger partial charge is 0.273 e. The van der Waals surface area contributed by atoms with Gasteiger partial charge in [0.15, 0.2) is 11.6 Å². The van der Waals surface area contributed by atoms with E-state index in [0.717, 1.165) is 11.6 Å². The number of carbonyl (C=O) groups is 1. The predicted octanol–water partition coefficient (Wildman–Crippen LogP) is 2.75. The van der Waals surface area contributed by atoms with E-state index in [4.69, 9.17) is 4.74 Å². The minimum atomic E-state index is -0.640. The van der Waals surface area contributed by atoms with Gasteiger partial charge < -0.3 is 4.74 Å². The molecule has 0 unspecified atom stereocenters. The number of pyridine rings is 1. The summed E-state index contributed by atoms with van der Waals surface area (Å²) in [6.45, 7) is 1.72. The molecule has 0 spiro atoms. The van der Waals surface area contributed by atoms with Crippen molar-refractivity contribution in [3.8, 4) is 17.3 Å². The number of methoxy groups -OCH3 is 1. The summed E-state index contributed by atoms with van der Waals surface area (Å²) in [6.07, 6.45) is 2.79. The summed E-state index contributed by atoms with van der Waals surface area (Å²) in [5.74, 6) is -0.673. The fraction of sp³-hybridized carbons (Fsp3) is 0.111. The van der Waals surface area contributed by atoms with E-state index < -0.39 is 11.7 Å². The molecule has 0 bridgehead atoms. The highest BCUT2D eigenvalue weighted by Gasteiger charge is 2.13. The zero-order valence-electron chi connectivity index (χ0n) is 14.2. The van der Waals surface area contributed by atoms with Crippen LogP contribution in [0.25, 0.3) is 11.4 Å². The molecule has 132 valence electrons. The van der Waals surface area contributed by atoms with Gasteiger partial charge in [0.05, 0.1) is 30.3 Å². The van der Waals surface area contributed by atoms with Crippen molar-refractivity contribution in [3.05, 3.63) is 65.9 Å². The normalized spacial score (nSPS) is 10.3. The lowest BCUT2D eigenvalue weighted by molar-refractivity contribution is 0.0961. The van der Waals surface area contributed by atoms with Gasteiger partial charge in [0, 0.05) is 17.8 Å². The summed E-state index contributed by atoms with van der Waals surface area (Å²) in [7, 11) is 1.32. The molecule has 7 nitrogen and oxygen atoms in total. The van der Waals surface area contributed by atoms with Crippen molar-refractivity contribution >= 4 is 11.6 Å². The monoisotopic (exact) mass is 353 g/mol. The number of hydrogen-bond acceptors (Lipinski definition) is 6. The highest BCUT2D eigenvalue weighted by molar-refractivity contribution is 5.95. The Kier molecular flexibility index (Phi) is 5.02. The van der Waals surface area contributed by atoms with Crippen LogP contribution >= 0.6 is 0 Å². The standard InChI is InChI=1S/C18H16FN5O2/c1-11-14(10-20-16(22-11)12-6-4-3-5-7-12)17(25)24-23-13-8-15(19)18(26-2)21-9-13/h3-10,23H,1-2H3,(H,24,25). The minimum Gasteiger partial charge on any atom is -0.479 e. The van der Waals surface area contributed by atoms with Crippen molar-refractivity contribution in [2.45, 2.75) is 6.92 Å². The summed E-state index contributed by atoms with van der Waals surface area (Å²) < 4.78 is 18.3. The van der Waals surface area contributed by atoms with Gasteiger partial charge in [0.1, 0.15) is 0 Å². The second kappa shape index (κ2) is 7.56. The van der Waals surface area contributed by atoms with Crippen LogP contribution < -0.4 is 15.6 Å². The molecule has 1 amide bonds. The number of carbonyl (C=O) groups excluding carboxylic acids is 1. The van der Waals surface area contributed by atoms with Crippen molar-refractivity contribution in [1.29, 1.82) is 0 Å². The number of aromatic nitrogens is 3. The van der Waals surface area contributed by atoms with Crippen molar-refractivity contribution in [2.75, 3.05) is 12.5 Å². The molecule has 0 saturated heterocycles. The van der Waals surface area contributed by atoms with Gasteiger partial charge in [0.25, 0.3) is 5.91 Å². The Hall–Kier alpha value is -3.55. The first-order valence-electron chi connectivity index (χ1n) is 7.73. The van der Waals surface area contributed by atoms with E-state index in [9.17, 15) is 9.18 Å². The third kappa shape index (κ3) is 3.75. The number of ether oxygens (including phenoxy) is 1. The molecule has 0 fully saturated rings. The van der Waals surface area contributed by atoms with E-state index in [0.29, 0.717) is 17.1 Å². The number of hydrogen-bond donors (Lipinski definition) is 2. The summed E-state index contributed by atoms with van der Waals surface area (Å²) in [5, 5.41) is 0. The zero-order valence-corrected chi connectivity index (χ0v) is 14.2. The van der Waals surface area contributed by atoms with Gasteiger partial charge in [-0.3, -0.25) is 15.6 Å². The lowest BCUT2D eigenvalue weighted by Gasteiger charge is -2.11. The maximum absolute atomic E-state index is 13.6. The molecule has 0 aliphatic heterocycles. The number of hydrazine groups is 1. The van der Waals surface area contributed by atoms with Gasteiger partial charge in [-0.25, -0.2) is 19.3 Å². The summed E-state index contributed by atoms with van der Waals surface area (Å²) in [5.41, 5.74) is 7.02. The van der Waals surface area contributed by atoms with E-state index in [1.807, 2.05) is 30.3 Å². The predicted molar refractivity (Wildman–Crippen MR) is 94.0 cm³/mol. The van der Waals surface area contributed by atoms with Crippen molar-refractivity contribution in [3.63, 3.8) is 0 Å². The third-order valence-electron chi connectivity index (χ3n) is 3.58. The van der Waals surface area contributed by atoms with Gasteiger partial charge in [-0.15, -0.1) is 0 Å². The lowest BCUT2D eigenvalue weighted by Crippen LogP contribution is -2.30. The van der Waals surface area contributed by atoms with Gasteiger partial charge in [-0.1, -0.05) is 30.3 Å². The topological polar surface area (TPSA) is 89.0 Å². The summed E-state index contributed by atoms with van der Waals surface area (Å²) in [4.78, 5) is 24.7. The average Bonchev–Trinajstić information content (AvgIpc) is 2.67. The SMILES string of the molecule is COc1ncc(NNC(=O)c2cnc(-c3ccccc3)nc2C)cc1F. The highest BCUT2D eigenvalue weighted by atomic mass is 19.1. The quantitative estimate of drug-likeness (QED) is 0.686. The minimum absolute atomic E-state index is 0.123. The number of nitrogens with one attached hydrogen (secondary N) is 2. The van der Waals surface area contributed by atoms with Gasteiger partial charge in [0.2, 0.25) is 5.88 Å². The van der Waals surface area contributed by atoms with Gasteiger partial charge in [-0.2, -0.15) is 0 Å². The molecular weight excluding hydrogens is 337 g/mol. The van der Waals surface area contributed by atoms with E-state index in [2.05, 4.69) is 25.8 Å². The second-order valence-corrected chi connectivity index (χ2v) is 5.35. The Balaban J connectivity index is 1.71. The molecular formula is C18H16FN5O2. The van der Waals surface area contributed by atoms with Crippen LogP contribution in [0.3, 0.4) is 0 Å². The fourth-order valence-corrected chi connectivity index (χ4v) is 2.26. The molecule has 0 saturated carbocycles. The van der Waals surface area contributed by atoms with Crippen LogP contribution in [0.15, 0.2) is 48.8 Å². The van der Waals surface area contributed by atoms with E-state index >= 15 is 0 Å². The largest absolute Gasteiger partial charge is 0.479 e. The van der Waals surface area contributed by atoms with Crippen LogP contribution in [0.5, 0.6) is 5.88 Å². The molecule has 3 aromatic rings. The van der Waals surface area contributed by atoms with Crippen molar-refractivity contribution in [2.24, 2.45) is 0 Å². The average molecular weight is 353 g/mol. The maximum atomic E-state index is 13.6. The molecule has 0 atom stereocenters. The van der Waals surface area contributed by atoms with Crippen LogP contribution in [0.1, 0.15) is 16.1 Å². The molecule has 2 heterocycles. The zero-order chi connectivity index (χ0) is 18.5. The van der Waals surface area contributed by atoms with E-state index in [1.54, 1.807) is 6.92 Å². The van der Waals surface area contributed by atoms with E-state index in [1.165, 1.54) is 19.5 Å². The number of aryl methyl sites for hydroxylation is 1. The molecule has 26 heavy (non-hydrogen) atoms. The molecule has 0 aliphatic carbocycles. The Morgan fingerprint density at radius 2 is 1.92 bits per heavy atom. The molecule has 0 radical (unpaired) electrons. The summed E-state index contributed by atoms with van der Waals surface area (Å²) in [6, 6.07) is 10.6. The molecule has 1 aromatic carbocycles. The van der Waals surface area contributed by atoms with Crippen LogP contribution in [-0.2, 0) is 0 Å². The number of halogens is 1. The fourth-order valence-electron chi connectivity index (χ4n) is 2.26. The van der Waals surface area contributed by atoms with Crippen LogP contribution in [-0.4, -0.2) is 28.0 Å². The molecule has 0 aliphatic rings. The first-order chi connectivity index (χ1) is 12.6. The number of anilines is 1. The Morgan fingerprint density at radius 1 is 1.15 bits per heavy atom. The molecule has 2 aromatic heterocycles. The van der Waals surface area contributed by atoms with Gasteiger partial charge >= 0.3 is 0 Å². The highest BCUT2D eigenvalue weighted by Crippen LogP contribution is 2.17. The van der Waals surface area contributed by atoms with Crippen LogP contribution in [0.4, 0.5) is 10.1 Å². The number of rotatable bonds is 5. The summed E-state index contributed by atoms with van der Waals surface area (Å²) >= 11 is 0. The number of benzene rings is 1. The van der Waals surface area contributed by atoms with Gasteiger partial charge in [-0.05, 0) is 6.92 Å². The maximum Gasteiger partial charge on any atom is 0.273 e. The first-order valence-corrected chi connectivity index (χ1v) is 7.73. The number of nitrogens with zero attached hydrogens (tertiary/aromatic N) is 3. The Bertz CT molecular complexity index is 934. The first kappa shape index (κ1) is 17.3. The third-order valence-corrected chi connectivity index (χ3v) is 3.58. The molecule has 2 N–H and O–H groups in total. The van der Waals surface area contributed by atoms with Crippen molar-refractivity contribution < 1.29 is 13.9 Å². The Morgan fingerprint density at radius 3 is 2.58 bits per heavy atom. The lowest BCUT2D eigenvalue weighted by atomic mass is 10.2. The van der Waals surface area contributed by atoms with Crippen LogP contribution in [0, 0.1) is 12.7 Å².